The van der Waals surface area contributed by atoms with Gasteiger partial charge in [0, 0.05) is 24.5 Å². The van der Waals surface area contributed by atoms with Crippen molar-refractivity contribution in [3.8, 4) is 0 Å². The van der Waals surface area contributed by atoms with Crippen molar-refractivity contribution < 1.29 is 0 Å². The summed E-state index contributed by atoms with van der Waals surface area (Å²) in [7, 11) is 4.11. The summed E-state index contributed by atoms with van der Waals surface area (Å²) < 4.78 is 0.861. The molecule has 1 aromatic heterocycles. The van der Waals surface area contributed by atoms with E-state index in [9.17, 15) is 0 Å². The molecule has 1 heterocycles. The van der Waals surface area contributed by atoms with Crippen LogP contribution >= 0.6 is 22.9 Å². The molecule has 0 aliphatic heterocycles. The van der Waals surface area contributed by atoms with Crippen molar-refractivity contribution in [2.24, 2.45) is 0 Å². The normalized spacial score (nSPS) is 11.2. The Labute approximate surface area is 124 Å². The summed E-state index contributed by atoms with van der Waals surface area (Å²) in [5, 5.41) is 3.18. The van der Waals surface area contributed by atoms with Crippen molar-refractivity contribution in [2.75, 3.05) is 14.1 Å². The van der Waals surface area contributed by atoms with Crippen LogP contribution in [-0.2, 0) is 19.6 Å². The Bertz CT molecular complexity index is 524. The standard InChI is InChI=1S/C15H19ClN2S/c1-17-9-12-4-3-5-13(8-12)10-18(2)11-14-6-7-15(16)19-14/h3-8,17H,9-11H2,1-2H3. The van der Waals surface area contributed by atoms with E-state index in [1.165, 1.54) is 16.0 Å². The molecule has 0 unspecified atom stereocenters. The summed E-state index contributed by atoms with van der Waals surface area (Å²) in [6.45, 7) is 2.80. The van der Waals surface area contributed by atoms with Gasteiger partial charge in [0.15, 0.2) is 0 Å². The Balaban J connectivity index is 1.94. The molecule has 0 atom stereocenters. The molecule has 19 heavy (non-hydrogen) atoms. The van der Waals surface area contributed by atoms with Crippen LogP contribution in [0.25, 0.3) is 0 Å². The zero-order valence-corrected chi connectivity index (χ0v) is 12.9. The lowest BCUT2D eigenvalue weighted by molar-refractivity contribution is 0.322. The van der Waals surface area contributed by atoms with Crippen molar-refractivity contribution in [3.05, 3.63) is 56.7 Å². The second kappa shape index (κ2) is 7.06. The van der Waals surface area contributed by atoms with Gasteiger partial charge in [-0.1, -0.05) is 35.9 Å². The maximum Gasteiger partial charge on any atom is 0.0931 e. The molecule has 0 bridgehead atoms. The van der Waals surface area contributed by atoms with Gasteiger partial charge in [0.25, 0.3) is 0 Å². The van der Waals surface area contributed by atoms with Crippen LogP contribution in [0.1, 0.15) is 16.0 Å². The molecule has 4 heteroatoms. The molecule has 0 fully saturated rings. The smallest absolute Gasteiger partial charge is 0.0931 e. The molecule has 0 spiro atoms. The fraction of sp³-hybridized carbons (Fsp3) is 0.333. The lowest BCUT2D eigenvalue weighted by Gasteiger charge is -2.16. The van der Waals surface area contributed by atoms with Gasteiger partial charge in [-0.05, 0) is 37.4 Å². The average molecular weight is 295 g/mol. The molecule has 0 aliphatic rings. The number of nitrogens with zero attached hydrogens (tertiary/aromatic N) is 1. The molecule has 2 rings (SSSR count). The Morgan fingerprint density at radius 1 is 1.16 bits per heavy atom. The van der Waals surface area contributed by atoms with Gasteiger partial charge >= 0.3 is 0 Å². The highest BCUT2D eigenvalue weighted by molar-refractivity contribution is 7.16. The lowest BCUT2D eigenvalue weighted by Crippen LogP contribution is -2.16. The van der Waals surface area contributed by atoms with Crippen LogP contribution < -0.4 is 5.32 Å². The molecular weight excluding hydrogens is 276 g/mol. The monoisotopic (exact) mass is 294 g/mol. The van der Waals surface area contributed by atoms with E-state index in [4.69, 9.17) is 11.6 Å². The van der Waals surface area contributed by atoms with Gasteiger partial charge in [-0.15, -0.1) is 11.3 Å². The first-order valence-electron chi connectivity index (χ1n) is 6.32. The first-order valence-corrected chi connectivity index (χ1v) is 7.52. The van der Waals surface area contributed by atoms with Gasteiger partial charge in [-0.3, -0.25) is 4.90 Å². The second-order valence-electron chi connectivity index (χ2n) is 4.73. The summed E-state index contributed by atoms with van der Waals surface area (Å²) in [5.74, 6) is 0. The maximum absolute atomic E-state index is 5.95. The SMILES string of the molecule is CNCc1cccc(CN(C)Cc2ccc(Cl)s2)c1. The minimum Gasteiger partial charge on any atom is -0.316 e. The molecule has 1 N–H and O–H groups in total. The molecule has 1 aromatic carbocycles. The van der Waals surface area contributed by atoms with E-state index in [1.54, 1.807) is 11.3 Å². The van der Waals surface area contributed by atoms with Gasteiger partial charge in [-0.25, -0.2) is 0 Å². The van der Waals surface area contributed by atoms with Crippen molar-refractivity contribution in [2.45, 2.75) is 19.6 Å². The summed E-state index contributed by atoms with van der Waals surface area (Å²) in [5.41, 5.74) is 2.67. The van der Waals surface area contributed by atoms with Crippen LogP contribution in [0.2, 0.25) is 4.34 Å². The predicted molar refractivity (Wildman–Crippen MR) is 83.7 cm³/mol. The highest BCUT2D eigenvalue weighted by atomic mass is 35.5. The fourth-order valence-electron chi connectivity index (χ4n) is 2.11. The zero-order chi connectivity index (χ0) is 13.7. The van der Waals surface area contributed by atoms with Gasteiger partial charge in [-0.2, -0.15) is 0 Å². The van der Waals surface area contributed by atoms with Crippen LogP contribution in [0.5, 0.6) is 0 Å². The van der Waals surface area contributed by atoms with E-state index in [0.29, 0.717) is 0 Å². The number of hydrogen-bond donors (Lipinski definition) is 1. The van der Waals surface area contributed by atoms with Crippen molar-refractivity contribution in [1.29, 1.82) is 0 Å². The fourth-order valence-corrected chi connectivity index (χ4v) is 3.28. The van der Waals surface area contributed by atoms with E-state index in [0.717, 1.165) is 24.0 Å². The van der Waals surface area contributed by atoms with Gasteiger partial charge in [0.2, 0.25) is 0 Å². The van der Waals surface area contributed by atoms with Gasteiger partial charge in [0.05, 0.1) is 4.34 Å². The number of thiophene rings is 1. The lowest BCUT2D eigenvalue weighted by atomic mass is 10.1. The largest absolute Gasteiger partial charge is 0.316 e. The van der Waals surface area contributed by atoms with E-state index in [-0.39, 0.29) is 0 Å². The van der Waals surface area contributed by atoms with Crippen LogP contribution in [0.3, 0.4) is 0 Å². The molecule has 2 aromatic rings. The van der Waals surface area contributed by atoms with Crippen molar-refractivity contribution in [1.82, 2.24) is 10.2 Å². The molecule has 102 valence electrons. The third-order valence-electron chi connectivity index (χ3n) is 2.88. The van der Waals surface area contributed by atoms with E-state index >= 15 is 0 Å². The van der Waals surface area contributed by atoms with Crippen LogP contribution in [-0.4, -0.2) is 19.0 Å². The van der Waals surface area contributed by atoms with Crippen molar-refractivity contribution in [3.63, 3.8) is 0 Å². The van der Waals surface area contributed by atoms with E-state index in [1.807, 2.05) is 13.1 Å². The Morgan fingerprint density at radius 2 is 1.95 bits per heavy atom. The van der Waals surface area contributed by atoms with E-state index in [2.05, 4.69) is 47.6 Å². The van der Waals surface area contributed by atoms with Gasteiger partial charge in [0.1, 0.15) is 0 Å². The Kier molecular flexibility index (Phi) is 5.40. The Hall–Kier alpha value is -0.870. The first kappa shape index (κ1) is 14.5. The van der Waals surface area contributed by atoms with E-state index < -0.39 is 0 Å². The minimum absolute atomic E-state index is 0.861. The molecule has 0 saturated carbocycles. The third kappa shape index (κ3) is 4.62. The number of rotatable bonds is 6. The highest BCUT2D eigenvalue weighted by Gasteiger charge is 2.04. The average Bonchev–Trinajstić information content (AvgIpc) is 2.75. The van der Waals surface area contributed by atoms with Crippen LogP contribution in [0, 0.1) is 0 Å². The number of benzene rings is 1. The molecule has 2 nitrogen and oxygen atoms in total. The zero-order valence-electron chi connectivity index (χ0n) is 11.3. The topological polar surface area (TPSA) is 15.3 Å². The molecule has 0 radical (unpaired) electrons. The van der Waals surface area contributed by atoms with Crippen molar-refractivity contribution >= 4 is 22.9 Å². The molecular formula is C15H19ClN2S. The second-order valence-corrected chi connectivity index (χ2v) is 6.53. The maximum atomic E-state index is 5.95. The summed E-state index contributed by atoms with van der Waals surface area (Å²) in [6.07, 6.45) is 0. The summed E-state index contributed by atoms with van der Waals surface area (Å²) in [6, 6.07) is 12.8. The summed E-state index contributed by atoms with van der Waals surface area (Å²) >= 11 is 7.60. The summed E-state index contributed by atoms with van der Waals surface area (Å²) in [4.78, 5) is 3.61. The third-order valence-corrected chi connectivity index (χ3v) is 4.10. The van der Waals surface area contributed by atoms with Crippen LogP contribution in [0.4, 0.5) is 0 Å². The van der Waals surface area contributed by atoms with Crippen LogP contribution in [0.15, 0.2) is 36.4 Å². The molecule has 0 aliphatic carbocycles. The minimum atomic E-state index is 0.861. The Morgan fingerprint density at radius 3 is 2.63 bits per heavy atom. The molecule has 0 amide bonds. The first-order chi connectivity index (χ1) is 9.17. The number of hydrogen-bond acceptors (Lipinski definition) is 3. The van der Waals surface area contributed by atoms with Gasteiger partial charge < -0.3 is 5.32 Å². The molecule has 0 saturated heterocycles. The number of halogens is 1. The predicted octanol–water partition coefficient (Wildman–Crippen LogP) is 3.75. The highest BCUT2D eigenvalue weighted by Crippen LogP contribution is 2.22. The quantitative estimate of drug-likeness (QED) is 0.873. The number of nitrogens with one attached hydrogen (secondary N) is 1.